The maximum atomic E-state index is 13.9. The van der Waals surface area contributed by atoms with Crippen LogP contribution in [-0.4, -0.2) is 28.7 Å². The van der Waals surface area contributed by atoms with E-state index in [-0.39, 0.29) is 16.7 Å². The molecule has 0 unspecified atom stereocenters. The molecule has 0 aromatic heterocycles. The molecular weight excluding hydrogens is 566 g/mol. The summed E-state index contributed by atoms with van der Waals surface area (Å²) < 4.78 is 35.8. The first-order valence-electron chi connectivity index (χ1n) is 12.6. The van der Waals surface area contributed by atoms with Crippen LogP contribution in [0, 0.1) is 11.8 Å². The summed E-state index contributed by atoms with van der Waals surface area (Å²) in [6.07, 6.45) is 0.327. The van der Waals surface area contributed by atoms with Crippen molar-refractivity contribution in [3.05, 3.63) is 90.5 Å². The summed E-state index contributed by atoms with van der Waals surface area (Å²) in [6, 6.07) is 26.1. The first-order chi connectivity index (χ1) is 17.6. The van der Waals surface area contributed by atoms with Gasteiger partial charge in [-0.3, -0.25) is 4.79 Å². The van der Waals surface area contributed by atoms with Crippen molar-refractivity contribution in [3.8, 4) is 0 Å². The van der Waals surface area contributed by atoms with Crippen molar-refractivity contribution in [2.24, 2.45) is 11.8 Å². The molecule has 0 bridgehead atoms. The van der Waals surface area contributed by atoms with Crippen LogP contribution in [0.5, 0.6) is 0 Å². The molecule has 3 rings (SSSR count). The van der Waals surface area contributed by atoms with E-state index in [4.69, 9.17) is 4.43 Å². The largest absolute Gasteiger partial charge is 0.509 e. The van der Waals surface area contributed by atoms with Crippen molar-refractivity contribution in [3.63, 3.8) is 0 Å². The van der Waals surface area contributed by atoms with Gasteiger partial charge in [0, 0.05) is 5.33 Å². The summed E-state index contributed by atoms with van der Waals surface area (Å²) in [5.74, 6) is -0.201. The number of hydrogen-bond acceptors (Lipinski definition) is 4. The number of hydrogen-bond donors (Lipinski definition) is 1. The molecule has 0 saturated carbocycles. The molecule has 0 amide bonds. The van der Waals surface area contributed by atoms with Gasteiger partial charge < -0.3 is 4.43 Å². The van der Waals surface area contributed by atoms with Crippen LogP contribution < -0.4 is 15.1 Å². The summed E-state index contributed by atoms with van der Waals surface area (Å²) in [5, 5.41) is 2.60. The number of sulfonamides is 1. The number of carbonyl (C=O) groups excluding carboxylic acids is 1. The van der Waals surface area contributed by atoms with Crippen LogP contribution >= 0.6 is 15.9 Å². The third-order valence-corrected chi connectivity index (χ3v) is 12.7. The van der Waals surface area contributed by atoms with Crippen LogP contribution in [0.15, 0.2) is 89.8 Å². The fourth-order valence-electron chi connectivity index (χ4n) is 4.47. The highest BCUT2D eigenvalue weighted by atomic mass is 79.9. The Labute approximate surface area is 231 Å². The lowest BCUT2D eigenvalue weighted by Crippen LogP contribution is -2.64. The third-order valence-electron chi connectivity index (χ3n) is 6.13. The zero-order chi connectivity index (χ0) is 27.1. The summed E-state index contributed by atoms with van der Waals surface area (Å²) in [7, 11) is -6.98. The van der Waals surface area contributed by atoms with E-state index in [1.807, 2.05) is 74.5 Å². The smallest absolute Gasteiger partial charge is 0.318 e. The highest BCUT2D eigenvalue weighted by Gasteiger charge is 2.45. The van der Waals surface area contributed by atoms with Crippen LogP contribution in [0.3, 0.4) is 0 Å². The summed E-state index contributed by atoms with van der Waals surface area (Å²) in [4.78, 5) is 14.0. The topological polar surface area (TPSA) is 72.5 Å². The third kappa shape index (κ3) is 7.63. The molecule has 0 fully saturated rings. The summed E-state index contributed by atoms with van der Waals surface area (Å²) >= 11 is 3.38. The van der Waals surface area contributed by atoms with Gasteiger partial charge in [-0.1, -0.05) is 116 Å². The van der Waals surface area contributed by atoms with Gasteiger partial charge in [0.2, 0.25) is 10.0 Å². The van der Waals surface area contributed by atoms with E-state index in [2.05, 4.69) is 34.5 Å². The number of nitrogens with one attached hydrogen (secondary N) is 1. The van der Waals surface area contributed by atoms with Crippen LogP contribution in [0.1, 0.15) is 39.7 Å². The second-order valence-corrected chi connectivity index (χ2v) is 15.9. The van der Waals surface area contributed by atoms with Gasteiger partial charge in [-0.25, -0.2) is 8.42 Å². The Hall–Kier alpha value is -2.26. The molecule has 37 heavy (non-hydrogen) atoms. The molecule has 3 aromatic carbocycles. The van der Waals surface area contributed by atoms with Crippen molar-refractivity contribution >= 4 is 50.6 Å². The van der Waals surface area contributed by atoms with Gasteiger partial charge in [0.25, 0.3) is 0 Å². The van der Waals surface area contributed by atoms with Crippen molar-refractivity contribution in [2.75, 3.05) is 0 Å². The zero-order valence-corrected chi connectivity index (χ0v) is 25.3. The number of rotatable bonds is 12. The van der Waals surface area contributed by atoms with Crippen molar-refractivity contribution in [1.29, 1.82) is 0 Å². The van der Waals surface area contributed by atoms with Gasteiger partial charge in [0.1, 0.15) is 6.04 Å². The van der Waals surface area contributed by atoms with Gasteiger partial charge in [0.05, 0.1) is 4.90 Å². The highest BCUT2D eigenvalue weighted by molar-refractivity contribution is 9.08. The number of alkyl halides is 1. The van der Waals surface area contributed by atoms with E-state index < -0.39 is 30.4 Å². The molecule has 3 aromatic rings. The van der Waals surface area contributed by atoms with Crippen molar-refractivity contribution in [2.45, 2.75) is 56.4 Å². The van der Waals surface area contributed by atoms with Gasteiger partial charge in [0.15, 0.2) is 0 Å². The summed E-state index contributed by atoms with van der Waals surface area (Å²) in [6.45, 7) is 8.16. The molecule has 8 heteroatoms. The standard InChI is InChI=1S/C29H36BrNO4SSi/c1-22(2)19-28(31-36(33,34)25-17-15-24(20-30)16-18-25)29(32)35-37(21-23(3)4,26-11-7-5-8-12-26)27-13-9-6-10-14-27/h5-18,22-23,28,31H,19-21H2,1-4H3/t28-/m0/s1. The number of halogens is 1. The first kappa shape index (κ1) is 29.3. The lowest BCUT2D eigenvalue weighted by atomic mass is 10.1. The molecule has 0 aliphatic rings. The van der Waals surface area contributed by atoms with Crippen LogP contribution in [-0.2, 0) is 24.6 Å². The Kier molecular flexibility index (Phi) is 10.3. The SMILES string of the molecule is CC(C)C[C@H](NS(=O)(=O)c1ccc(CBr)cc1)C(=O)O[Si](CC(C)C)(c1ccccc1)c1ccccc1. The van der Waals surface area contributed by atoms with E-state index in [1.54, 1.807) is 24.3 Å². The van der Waals surface area contributed by atoms with E-state index in [0.29, 0.717) is 17.8 Å². The van der Waals surface area contributed by atoms with E-state index in [9.17, 15) is 13.2 Å². The van der Waals surface area contributed by atoms with Gasteiger partial charge in [-0.05, 0) is 52.4 Å². The molecular formula is C29H36BrNO4SSi. The fourth-order valence-corrected chi connectivity index (χ4v) is 10.3. The fraction of sp³-hybridized carbons (Fsp3) is 0.345. The Balaban J connectivity index is 2.02. The lowest BCUT2D eigenvalue weighted by molar-refractivity contribution is -0.137. The monoisotopic (exact) mass is 601 g/mol. The highest BCUT2D eigenvalue weighted by Crippen LogP contribution is 2.22. The maximum absolute atomic E-state index is 13.9. The molecule has 1 atom stereocenters. The second kappa shape index (κ2) is 13.0. The molecule has 0 aliphatic heterocycles. The molecule has 0 radical (unpaired) electrons. The molecule has 1 N–H and O–H groups in total. The molecule has 198 valence electrons. The van der Waals surface area contributed by atoms with Crippen LogP contribution in [0.25, 0.3) is 0 Å². The predicted octanol–water partition coefficient (Wildman–Crippen LogP) is 5.23. The molecule has 0 aliphatic carbocycles. The average Bonchev–Trinajstić information content (AvgIpc) is 2.88. The van der Waals surface area contributed by atoms with Crippen molar-refractivity contribution < 1.29 is 17.6 Å². The van der Waals surface area contributed by atoms with Gasteiger partial charge >= 0.3 is 14.3 Å². The number of carbonyl (C=O) groups is 1. The van der Waals surface area contributed by atoms with E-state index in [0.717, 1.165) is 15.9 Å². The molecule has 0 heterocycles. The Morgan fingerprint density at radius 3 is 1.78 bits per heavy atom. The van der Waals surface area contributed by atoms with Crippen LogP contribution in [0.4, 0.5) is 0 Å². The van der Waals surface area contributed by atoms with Gasteiger partial charge in [-0.2, -0.15) is 4.72 Å². The van der Waals surface area contributed by atoms with Crippen molar-refractivity contribution in [1.82, 2.24) is 4.72 Å². The minimum absolute atomic E-state index is 0.0747. The molecule has 0 spiro atoms. The van der Waals surface area contributed by atoms with Crippen LogP contribution in [0.2, 0.25) is 6.04 Å². The minimum Gasteiger partial charge on any atom is -0.509 e. The summed E-state index contributed by atoms with van der Waals surface area (Å²) in [5.41, 5.74) is 0.965. The number of benzene rings is 3. The van der Waals surface area contributed by atoms with E-state index >= 15 is 0 Å². The normalized spacial score (nSPS) is 13.1. The Morgan fingerprint density at radius 1 is 0.838 bits per heavy atom. The Bertz CT molecular complexity index is 1210. The minimum atomic E-state index is -3.93. The quantitative estimate of drug-likeness (QED) is 0.228. The van der Waals surface area contributed by atoms with Gasteiger partial charge in [-0.15, -0.1) is 0 Å². The second-order valence-electron chi connectivity index (χ2n) is 10.2. The Morgan fingerprint density at radius 2 is 1.35 bits per heavy atom. The lowest BCUT2D eigenvalue weighted by Gasteiger charge is -2.35. The first-order valence-corrected chi connectivity index (χ1v) is 17.3. The molecule has 0 saturated heterocycles. The average molecular weight is 603 g/mol. The van der Waals surface area contributed by atoms with E-state index in [1.165, 1.54) is 0 Å². The maximum Gasteiger partial charge on any atom is 0.318 e. The predicted molar refractivity (Wildman–Crippen MR) is 156 cm³/mol. The molecule has 5 nitrogen and oxygen atoms in total. The zero-order valence-electron chi connectivity index (χ0n) is 21.9.